The van der Waals surface area contributed by atoms with Crippen molar-refractivity contribution in [3.63, 3.8) is 0 Å². The number of aliphatic carboxylic acids is 1. The first-order valence-electron chi connectivity index (χ1n) is 5.10. The molecule has 1 rings (SSSR count). The topological polar surface area (TPSA) is 46.5 Å². The number of carbonyl (C=O) groups is 1. The molecule has 0 aliphatic heterocycles. The van der Waals surface area contributed by atoms with E-state index in [2.05, 4.69) is 4.74 Å². The summed E-state index contributed by atoms with van der Waals surface area (Å²) in [6.07, 6.45) is -15.7. The summed E-state index contributed by atoms with van der Waals surface area (Å²) < 4.78 is 77.6. The summed E-state index contributed by atoms with van der Waals surface area (Å²) in [5, 5.41) is 8.46. The largest absolute Gasteiger partial charge is 0.481 e. The molecule has 0 radical (unpaired) electrons. The van der Waals surface area contributed by atoms with Gasteiger partial charge in [-0.05, 0) is 17.7 Å². The fourth-order valence-corrected chi connectivity index (χ4v) is 1.25. The molecule has 0 fully saturated rings. The van der Waals surface area contributed by atoms with Gasteiger partial charge in [-0.15, -0.1) is 0 Å². The van der Waals surface area contributed by atoms with E-state index in [1.54, 1.807) is 0 Å². The molecule has 1 aromatic rings. The van der Waals surface area contributed by atoms with E-state index < -0.39 is 36.6 Å². The van der Waals surface area contributed by atoms with Crippen LogP contribution in [-0.2, 0) is 11.2 Å². The fraction of sp³-hybridized carbons (Fsp3) is 0.364. The van der Waals surface area contributed by atoms with Gasteiger partial charge in [-0.1, -0.05) is 12.1 Å². The molecule has 1 N–H and O–H groups in total. The summed E-state index contributed by atoms with van der Waals surface area (Å²) in [6.45, 7) is 0. The molecule has 0 aromatic heterocycles. The van der Waals surface area contributed by atoms with Crippen LogP contribution in [0.15, 0.2) is 24.3 Å². The highest BCUT2D eigenvalue weighted by Gasteiger charge is 2.59. The molecular formula is C11H8F6O3. The minimum atomic E-state index is -5.76. The number of alkyl halides is 6. The van der Waals surface area contributed by atoms with Crippen LogP contribution in [0.4, 0.5) is 26.3 Å². The van der Waals surface area contributed by atoms with Crippen LogP contribution in [0, 0.1) is 0 Å². The quantitative estimate of drug-likeness (QED) is 0.850. The van der Waals surface area contributed by atoms with Crippen molar-refractivity contribution in [1.29, 1.82) is 0 Å². The molecule has 0 bridgehead atoms. The van der Waals surface area contributed by atoms with Crippen LogP contribution in [0.2, 0.25) is 0 Å². The van der Waals surface area contributed by atoms with Crippen molar-refractivity contribution in [2.24, 2.45) is 0 Å². The molecule has 20 heavy (non-hydrogen) atoms. The van der Waals surface area contributed by atoms with E-state index in [0.717, 1.165) is 24.3 Å². The Kier molecular flexibility index (Phi) is 4.51. The Morgan fingerprint density at radius 2 is 1.65 bits per heavy atom. The van der Waals surface area contributed by atoms with Crippen LogP contribution in [0.25, 0.3) is 0 Å². The van der Waals surface area contributed by atoms with Crippen LogP contribution in [-0.4, -0.2) is 29.5 Å². The highest BCUT2D eigenvalue weighted by Crippen LogP contribution is 2.36. The molecule has 9 heteroatoms. The fourth-order valence-electron chi connectivity index (χ4n) is 1.25. The maximum atomic E-state index is 12.9. The predicted molar refractivity (Wildman–Crippen MR) is 54.3 cm³/mol. The van der Waals surface area contributed by atoms with Crippen molar-refractivity contribution >= 4 is 5.97 Å². The molecule has 0 amide bonds. The summed E-state index contributed by atoms with van der Waals surface area (Å²) in [6, 6.07) is 3.80. The van der Waals surface area contributed by atoms with Gasteiger partial charge in [0.15, 0.2) is 0 Å². The number of hydrogen-bond acceptors (Lipinski definition) is 2. The van der Waals surface area contributed by atoms with E-state index in [-0.39, 0.29) is 5.56 Å². The van der Waals surface area contributed by atoms with Gasteiger partial charge in [0.2, 0.25) is 0 Å². The van der Waals surface area contributed by atoms with Crippen molar-refractivity contribution in [2.45, 2.75) is 24.9 Å². The zero-order chi connectivity index (χ0) is 15.6. The summed E-state index contributed by atoms with van der Waals surface area (Å²) in [5.41, 5.74) is 0.223. The smallest absolute Gasteiger partial charge is 0.439 e. The lowest BCUT2D eigenvalue weighted by Crippen LogP contribution is -2.45. The van der Waals surface area contributed by atoms with Crippen molar-refractivity contribution in [2.75, 3.05) is 0 Å². The molecule has 1 aromatic carbocycles. The zero-order valence-electron chi connectivity index (χ0n) is 9.63. The van der Waals surface area contributed by atoms with Crippen LogP contribution >= 0.6 is 0 Å². The molecule has 0 aliphatic rings. The molecule has 0 aliphatic carbocycles. The van der Waals surface area contributed by atoms with E-state index in [0.29, 0.717) is 0 Å². The number of ether oxygens (including phenoxy) is 1. The van der Waals surface area contributed by atoms with E-state index >= 15 is 0 Å². The molecule has 0 saturated carbocycles. The summed E-state index contributed by atoms with van der Waals surface area (Å²) in [7, 11) is 0. The van der Waals surface area contributed by atoms with Crippen LogP contribution in [0.3, 0.4) is 0 Å². The van der Waals surface area contributed by atoms with Gasteiger partial charge in [-0.3, -0.25) is 4.79 Å². The van der Waals surface area contributed by atoms with Gasteiger partial charge in [0.1, 0.15) is 5.75 Å². The molecule has 1 atom stereocenters. The molecule has 3 nitrogen and oxygen atoms in total. The molecular weight excluding hydrogens is 294 g/mol. The normalized spacial score (nSPS) is 13.9. The van der Waals surface area contributed by atoms with Gasteiger partial charge in [0, 0.05) is 0 Å². The van der Waals surface area contributed by atoms with Crippen molar-refractivity contribution < 1.29 is 41.0 Å². The maximum absolute atomic E-state index is 12.9. The Labute approximate surface area is 108 Å². The number of carboxylic acids is 1. The van der Waals surface area contributed by atoms with Crippen LogP contribution < -0.4 is 4.74 Å². The lowest BCUT2D eigenvalue weighted by Gasteiger charge is -2.23. The second-order valence-corrected chi connectivity index (χ2v) is 3.78. The average Bonchev–Trinajstić information content (AvgIpc) is 2.28. The van der Waals surface area contributed by atoms with Gasteiger partial charge in [0.25, 0.3) is 6.17 Å². The van der Waals surface area contributed by atoms with Gasteiger partial charge in [0.05, 0.1) is 6.42 Å². The first-order chi connectivity index (χ1) is 9.02. The lowest BCUT2D eigenvalue weighted by atomic mass is 10.1. The maximum Gasteiger partial charge on any atom is 0.439 e. The minimum absolute atomic E-state index is 0.223. The molecule has 0 heterocycles. The van der Waals surface area contributed by atoms with E-state index in [1.165, 1.54) is 0 Å². The summed E-state index contributed by atoms with van der Waals surface area (Å²) in [4.78, 5) is 10.4. The Bertz CT molecular complexity index is 468. The Morgan fingerprint density at radius 3 is 2.05 bits per heavy atom. The van der Waals surface area contributed by atoms with Crippen LogP contribution in [0.1, 0.15) is 5.56 Å². The highest BCUT2D eigenvalue weighted by molar-refractivity contribution is 5.70. The highest BCUT2D eigenvalue weighted by atomic mass is 19.4. The molecule has 1 unspecified atom stereocenters. The first kappa shape index (κ1) is 16.1. The van der Waals surface area contributed by atoms with Crippen molar-refractivity contribution in [1.82, 2.24) is 0 Å². The first-order valence-corrected chi connectivity index (χ1v) is 5.10. The third-order valence-electron chi connectivity index (χ3n) is 2.12. The second-order valence-electron chi connectivity index (χ2n) is 3.78. The summed E-state index contributed by atoms with van der Waals surface area (Å²) in [5.74, 6) is -1.89. The Hall–Kier alpha value is -1.93. The number of halogens is 6. The monoisotopic (exact) mass is 302 g/mol. The molecule has 112 valence electrons. The van der Waals surface area contributed by atoms with Crippen LogP contribution in [0.5, 0.6) is 5.75 Å². The molecule has 0 spiro atoms. The molecule has 0 saturated heterocycles. The van der Waals surface area contributed by atoms with Gasteiger partial charge < -0.3 is 9.84 Å². The second kappa shape index (κ2) is 5.59. The average molecular weight is 302 g/mol. The Balaban J connectivity index is 2.80. The standard InChI is InChI=1S/C11H8F6O3/c12-9(10(13,14)15)11(16,17)20-7-3-1-6(2-4-7)5-8(18)19/h1-4,9H,5H2,(H,18,19). The van der Waals surface area contributed by atoms with E-state index in [1.807, 2.05) is 0 Å². The summed E-state index contributed by atoms with van der Waals surface area (Å²) >= 11 is 0. The predicted octanol–water partition coefficient (Wildman–Crippen LogP) is 3.19. The minimum Gasteiger partial charge on any atom is -0.481 e. The number of rotatable bonds is 5. The van der Waals surface area contributed by atoms with Crippen molar-refractivity contribution in [3.05, 3.63) is 29.8 Å². The zero-order valence-corrected chi connectivity index (χ0v) is 9.63. The van der Waals surface area contributed by atoms with Gasteiger partial charge in [-0.2, -0.15) is 22.0 Å². The Morgan fingerprint density at radius 1 is 1.15 bits per heavy atom. The third kappa shape index (κ3) is 4.32. The number of hydrogen-bond donors (Lipinski definition) is 1. The third-order valence-corrected chi connectivity index (χ3v) is 2.12. The van der Waals surface area contributed by atoms with E-state index in [9.17, 15) is 31.1 Å². The lowest BCUT2D eigenvalue weighted by molar-refractivity contribution is -0.304. The van der Waals surface area contributed by atoms with Gasteiger partial charge >= 0.3 is 18.3 Å². The SMILES string of the molecule is O=C(O)Cc1ccc(OC(F)(F)C(F)C(F)(F)F)cc1. The van der Waals surface area contributed by atoms with Gasteiger partial charge in [-0.25, -0.2) is 4.39 Å². The van der Waals surface area contributed by atoms with E-state index in [4.69, 9.17) is 5.11 Å². The van der Waals surface area contributed by atoms with Crippen molar-refractivity contribution in [3.8, 4) is 5.75 Å². The number of carboxylic acid groups (broad SMARTS) is 1. The number of benzene rings is 1.